The van der Waals surface area contributed by atoms with Gasteiger partial charge < -0.3 is 18.9 Å². The van der Waals surface area contributed by atoms with Crippen LogP contribution >= 0.6 is 0 Å². The lowest BCUT2D eigenvalue weighted by Gasteiger charge is -2.05. The number of carbonyl (C=O) groups excluding carboxylic acids is 1. The fourth-order valence-electron chi connectivity index (χ4n) is 1.14. The third kappa shape index (κ3) is 6.09. The van der Waals surface area contributed by atoms with Crippen LogP contribution in [0.1, 0.15) is 19.8 Å². The van der Waals surface area contributed by atoms with Gasteiger partial charge in [0, 0.05) is 6.61 Å². The first-order valence-corrected chi connectivity index (χ1v) is 5.53. The first-order valence-electron chi connectivity index (χ1n) is 5.53. The van der Waals surface area contributed by atoms with E-state index in [0.717, 1.165) is 12.8 Å². The first kappa shape index (κ1) is 13.7. The SMILES string of the molecule is C=CC1OC1OCCCCOC(=O)OC(=C)C. The van der Waals surface area contributed by atoms with Gasteiger partial charge in [-0.3, -0.25) is 0 Å². The van der Waals surface area contributed by atoms with Crippen molar-refractivity contribution in [3.05, 3.63) is 25.0 Å². The Morgan fingerprint density at radius 3 is 2.71 bits per heavy atom. The fraction of sp³-hybridized carbons (Fsp3) is 0.583. The third-order valence-corrected chi connectivity index (χ3v) is 2.01. The second kappa shape index (κ2) is 7.09. The molecule has 2 atom stereocenters. The minimum atomic E-state index is -0.712. The molecule has 0 aliphatic carbocycles. The maximum atomic E-state index is 10.9. The van der Waals surface area contributed by atoms with Gasteiger partial charge in [0.15, 0.2) is 6.29 Å². The molecule has 0 radical (unpaired) electrons. The van der Waals surface area contributed by atoms with Gasteiger partial charge in [0.1, 0.15) is 11.9 Å². The number of hydrogen-bond acceptors (Lipinski definition) is 5. The summed E-state index contributed by atoms with van der Waals surface area (Å²) in [6.45, 7) is 9.49. The number of epoxide rings is 1. The topological polar surface area (TPSA) is 57.3 Å². The number of rotatable bonds is 8. The van der Waals surface area contributed by atoms with Crippen molar-refractivity contribution in [2.45, 2.75) is 32.2 Å². The zero-order valence-electron chi connectivity index (χ0n) is 10.0. The molecule has 0 amide bonds. The van der Waals surface area contributed by atoms with E-state index in [-0.39, 0.29) is 12.4 Å². The van der Waals surface area contributed by atoms with E-state index < -0.39 is 6.16 Å². The molecular formula is C12H18O5. The number of ether oxygens (including phenoxy) is 4. The van der Waals surface area contributed by atoms with Crippen LogP contribution < -0.4 is 0 Å². The van der Waals surface area contributed by atoms with Crippen LogP contribution in [-0.2, 0) is 18.9 Å². The van der Waals surface area contributed by atoms with E-state index in [0.29, 0.717) is 19.0 Å². The van der Waals surface area contributed by atoms with Crippen LogP contribution in [0.15, 0.2) is 25.0 Å². The van der Waals surface area contributed by atoms with Crippen LogP contribution in [0.4, 0.5) is 4.79 Å². The van der Waals surface area contributed by atoms with Gasteiger partial charge in [-0.1, -0.05) is 12.7 Å². The van der Waals surface area contributed by atoms with Crippen molar-refractivity contribution in [2.75, 3.05) is 13.2 Å². The van der Waals surface area contributed by atoms with Crippen LogP contribution in [0.5, 0.6) is 0 Å². The summed E-state index contributed by atoms with van der Waals surface area (Å²) in [5, 5.41) is 0. The molecule has 1 fully saturated rings. The Morgan fingerprint density at radius 1 is 1.41 bits per heavy atom. The minimum absolute atomic E-state index is 0.0387. The molecule has 17 heavy (non-hydrogen) atoms. The molecule has 0 aromatic rings. The Balaban J connectivity index is 1.86. The summed E-state index contributed by atoms with van der Waals surface area (Å²) in [5.41, 5.74) is 0. The lowest BCUT2D eigenvalue weighted by molar-refractivity contribution is 0.0413. The van der Waals surface area contributed by atoms with E-state index in [1.165, 1.54) is 0 Å². The second-order valence-corrected chi connectivity index (χ2v) is 3.69. The zero-order valence-corrected chi connectivity index (χ0v) is 10.0. The summed E-state index contributed by atoms with van der Waals surface area (Å²) in [6, 6.07) is 0. The first-order chi connectivity index (χ1) is 8.13. The van der Waals surface area contributed by atoms with E-state index in [1.807, 2.05) is 0 Å². The molecule has 2 unspecified atom stereocenters. The maximum absolute atomic E-state index is 10.9. The summed E-state index contributed by atoms with van der Waals surface area (Å²) in [6.07, 6.45) is 2.41. The Morgan fingerprint density at radius 2 is 2.12 bits per heavy atom. The molecule has 0 saturated carbocycles. The van der Waals surface area contributed by atoms with Gasteiger partial charge in [-0.15, -0.1) is 6.58 Å². The lowest BCUT2D eigenvalue weighted by atomic mass is 10.3. The molecule has 0 N–H and O–H groups in total. The summed E-state index contributed by atoms with van der Waals surface area (Å²) in [7, 11) is 0. The second-order valence-electron chi connectivity index (χ2n) is 3.69. The Labute approximate surface area is 101 Å². The fourth-order valence-corrected chi connectivity index (χ4v) is 1.14. The Hall–Kier alpha value is -1.33. The van der Waals surface area contributed by atoms with Crippen LogP contribution in [0.3, 0.4) is 0 Å². The van der Waals surface area contributed by atoms with Gasteiger partial charge in [0.05, 0.1) is 6.61 Å². The van der Waals surface area contributed by atoms with E-state index in [1.54, 1.807) is 13.0 Å². The van der Waals surface area contributed by atoms with Crippen molar-refractivity contribution in [3.8, 4) is 0 Å². The minimum Gasteiger partial charge on any atom is -0.434 e. The highest BCUT2D eigenvalue weighted by molar-refractivity contribution is 5.61. The summed E-state index contributed by atoms with van der Waals surface area (Å²) >= 11 is 0. The van der Waals surface area contributed by atoms with Gasteiger partial charge in [0.2, 0.25) is 0 Å². The van der Waals surface area contributed by atoms with Crippen molar-refractivity contribution in [2.24, 2.45) is 0 Å². The zero-order chi connectivity index (χ0) is 12.7. The predicted octanol–water partition coefficient (Wildman–Crippen LogP) is 2.38. The molecule has 1 saturated heterocycles. The molecular weight excluding hydrogens is 224 g/mol. The largest absolute Gasteiger partial charge is 0.513 e. The van der Waals surface area contributed by atoms with Crippen molar-refractivity contribution >= 4 is 6.16 Å². The molecule has 1 rings (SSSR count). The Bertz CT molecular complexity index is 287. The average Bonchev–Trinajstić information content (AvgIpc) is 3.00. The van der Waals surface area contributed by atoms with Crippen LogP contribution in [0.25, 0.3) is 0 Å². The van der Waals surface area contributed by atoms with Gasteiger partial charge in [-0.2, -0.15) is 0 Å². The van der Waals surface area contributed by atoms with Crippen molar-refractivity contribution < 1.29 is 23.7 Å². The molecule has 0 bridgehead atoms. The number of allylic oxidation sites excluding steroid dienone is 1. The van der Waals surface area contributed by atoms with Crippen molar-refractivity contribution in [3.63, 3.8) is 0 Å². The standard InChI is InChI=1S/C12H18O5/c1-4-10-11(17-10)14-7-5-6-8-15-12(13)16-9(2)3/h4,10-11H,1-2,5-8H2,3H3. The normalized spacial score (nSPS) is 21.7. The van der Waals surface area contributed by atoms with E-state index in [4.69, 9.17) is 14.2 Å². The highest BCUT2D eigenvalue weighted by Crippen LogP contribution is 2.23. The molecule has 5 nitrogen and oxygen atoms in total. The monoisotopic (exact) mass is 242 g/mol. The third-order valence-electron chi connectivity index (χ3n) is 2.01. The van der Waals surface area contributed by atoms with Gasteiger partial charge >= 0.3 is 6.16 Å². The van der Waals surface area contributed by atoms with Crippen LogP contribution in [0, 0.1) is 0 Å². The number of hydrogen-bond donors (Lipinski definition) is 0. The lowest BCUT2D eigenvalue weighted by Crippen LogP contribution is -2.08. The molecule has 5 heteroatoms. The average molecular weight is 242 g/mol. The highest BCUT2D eigenvalue weighted by atomic mass is 16.8. The molecule has 1 aliphatic heterocycles. The van der Waals surface area contributed by atoms with Gasteiger partial charge in [-0.25, -0.2) is 4.79 Å². The van der Waals surface area contributed by atoms with Crippen molar-refractivity contribution in [1.29, 1.82) is 0 Å². The predicted molar refractivity (Wildman–Crippen MR) is 61.3 cm³/mol. The van der Waals surface area contributed by atoms with E-state index in [2.05, 4.69) is 17.9 Å². The van der Waals surface area contributed by atoms with Crippen molar-refractivity contribution in [1.82, 2.24) is 0 Å². The Kier molecular flexibility index (Phi) is 5.72. The molecule has 0 spiro atoms. The summed E-state index contributed by atoms with van der Waals surface area (Å²) in [4.78, 5) is 10.9. The molecule has 1 heterocycles. The smallest absolute Gasteiger partial charge is 0.434 e. The maximum Gasteiger partial charge on any atom is 0.513 e. The van der Waals surface area contributed by atoms with E-state index in [9.17, 15) is 4.79 Å². The quantitative estimate of drug-likeness (QED) is 0.215. The molecule has 0 aromatic carbocycles. The van der Waals surface area contributed by atoms with Gasteiger partial charge in [0.25, 0.3) is 0 Å². The van der Waals surface area contributed by atoms with Crippen LogP contribution in [0.2, 0.25) is 0 Å². The molecule has 1 aliphatic rings. The van der Waals surface area contributed by atoms with Gasteiger partial charge in [-0.05, 0) is 19.8 Å². The van der Waals surface area contributed by atoms with E-state index >= 15 is 0 Å². The molecule has 96 valence electrons. The van der Waals surface area contributed by atoms with Crippen LogP contribution in [-0.4, -0.2) is 31.8 Å². The number of unbranched alkanes of at least 4 members (excludes halogenated alkanes) is 1. The summed E-state index contributed by atoms with van der Waals surface area (Å²) < 4.78 is 19.9. The number of carbonyl (C=O) groups is 1. The molecule has 0 aromatic heterocycles. The summed E-state index contributed by atoms with van der Waals surface area (Å²) in [5.74, 6) is 0.319. The highest BCUT2D eigenvalue weighted by Gasteiger charge is 2.36.